The van der Waals surface area contributed by atoms with Gasteiger partial charge in [0, 0.05) is 13.6 Å². The molecule has 74 valence electrons. The Labute approximate surface area is 83.7 Å². The molecule has 14 heavy (non-hydrogen) atoms. The van der Waals surface area contributed by atoms with E-state index in [4.69, 9.17) is 0 Å². The third-order valence-electron chi connectivity index (χ3n) is 2.58. The fourth-order valence-electron chi connectivity index (χ4n) is 1.69. The number of nitrogens with one attached hydrogen (secondary N) is 1. The van der Waals surface area contributed by atoms with Gasteiger partial charge in [-0.3, -0.25) is 10.1 Å². The van der Waals surface area contributed by atoms with E-state index in [2.05, 4.69) is 17.4 Å². The molecule has 1 saturated heterocycles. The van der Waals surface area contributed by atoms with Crippen LogP contribution in [0.1, 0.15) is 11.6 Å². The van der Waals surface area contributed by atoms with Gasteiger partial charge in [0.25, 0.3) is 0 Å². The summed E-state index contributed by atoms with van der Waals surface area (Å²) in [5.41, 5.74) is 1.24. The number of nitrogens with zero attached hydrogens (tertiary/aromatic N) is 1. The lowest BCUT2D eigenvalue weighted by Crippen LogP contribution is -2.47. The molecule has 1 aliphatic heterocycles. The minimum Gasteiger partial charge on any atom is -0.343 e. The maximum Gasteiger partial charge on any atom is 0.236 e. The van der Waals surface area contributed by atoms with Crippen molar-refractivity contribution in [3.63, 3.8) is 0 Å². The summed E-state index contributed by atoms with van der Waals surface area (Å²) in [7, 11) is 1.85. The molecule has 1 N–H and O–H groups in total. The molecule has 3 heteroatoms. The lowest BCUT2D eigenvalue weighted by Gasteiger charge is -2.30. The Bertz CT molecular complexity index is 323. The van der Waals surface area contributed by atoms with Gasteiger partial charge in [0.1, 0.15) is 0 Å². The van der Waals surface area contributed by atoms with Crippen LogP contribution in [-0.4, -0.2) is 30.9 Å². The Kier molecular flexibility index (Phi) is 2.50. The van der Waals surface area contributed by atoms with E-state index >= 15 is 0 Å². The van der Waals surface area contributed by atoms with Crippen molar-refractivity contribution in [3.05, 3.63) is 35.9 Å². The highest BCUT2D eigenvalue weighted by molar-refractivity contribution is 5.78. The molecule has 0 saturated carbocycles. The van der Waals surface area contributed by atoms with Crippen LogP contribution in [0.4, 0.5) is 0 Å². The highest BCUT2D eigenvalue weighted by Gasteiger charge is 2.22. The van der Waals surface area contributed by atoms with Crippen molar-refractivity contribution >= 4 is 5.91 Å². The number of benzene rings is 1. The molecule has 3 nitrogen and oxygen atoms in total. The SMILES string of the molecule is CN1C[C@@H](c2ccccc2)NCC1=O. The summed E-state index contributed by atoms with van der Waals surface area (Å²) in [6.45, 7) is 1.19. The topological polar surface area (TPSA) is 32.3 Å². The number of rotatable bonds is 1. The van der Waals surface area contributed by atoms with Gasteiger partial charge in [-0.15, -0.1) is 0 Å². The average Bonchev–Trinajstić information content (AvgIpc) is 2.23. The van der Waals surface area contributed by atoms with Gasteiger partial charge >= 0.3 is 0 Å². The molecule has 0 aromatic heterocycles. The first-order valence-corrected chi connectivity index (χ1v) is 4.79. The van der Waals surface area contributed by atoms with E-state index in [9.17, 15) is 4.79 Å². The molecule has 1 aliphatic rings. The van der Waals surface area contributed by atoms with Gasteiger partial charge in [0.15, 0.2) is 0 Å². The number of piperazine rings is 1. The smallest absolute Gasteiger partial charge is 0.236 e. The molecule has 1 fully saturated rings. The third kappa shape index (κ3) is 1.77. The van der Waals surface area contributed by atoms with Gasteiger partial charge in [-0.25, -0.2) is 0 Å². The Balaban J connectivity index is 2.11. The Morgan fingerprint density at radius 3 is 2.71 bits per heavy atom. The molecule has 1 aromatic carbocycles. The zero-order valence-corrected chi connectivity index (χ0v) is 8.23. The van der Waals surface area contributed by atoms with Crippen LogP contribution in [0.5, 0.6) is 0 Å². The summed E-state index contributed by atoms with van der Waals surface area (Å²) in [4.78, 5) is 13.0. The van der Waals surface area contributed by atoms with Gasteiger partial charge in [-0.2, -0.15) is 0 Å². The normalized spacial score (nSPS) is 22.5. The van der Waals surface area contributed by atoms with Gasteiger partial charge in [0.2, 0.25) is 5.91 Å². The molecule has 1 atom stereocenters. The summed E-state index contributed by atoms with van der Waals surface area (Å²) in [5, 5.41) is 3.22. The third-order valence-corrected chi connectivity index (χ3v) is 2.58. The fourth-order valence-corrected chi connectivity index (χ4v) is 1.69. The molecule has 1 amide bonds. The zero-order valence-electron chi connectivity index (χ0n) is 8.23. The van der Waals surface area contributed by atoms with Crippen LogP contribution in [0.25, 0.3) is 0 Å². The van der Waals surface area contributed by atoms with Crippen molar-refractivity contribution < 1.29 is 4.79 Å². The second kappa shape index (κ2) is 3.80. The molecule has 0 radical (unpaired) electrons. The summed E-state index contributed by atoms with van der Waals surface area (Å²) in [5.74, 6) is 0.164. The predicted molar refractivity (Wildman–Crippen MR) is 54.8 cm³/mol. The van der Waals surface area contributed by atoms with Crippen LogP contribution in [0.3, 0.4) is 0 Å². The highest BCUT2D eigenvalue weighted by Crippen LogP contribution is 2.15. The standard InChI is InChI=1S/C11H14N2O/c1-13-8-10(12-7-11(13)14)9-5-3-2-4-6-9/h2-6,10,12H,7-8H2,1H3/t10-/m0/s1. The summed E-state index contributed by atoms with van der Waals surface area (Å²) >= 11 is 0. The van der Waals surface area contributed by atoms with Crippen LogP contribution >= 0.6 is 0 Å². The van der Waals surface area contributed by atoms with Crippen molar-refractivity contribution in [3.8, 4) is 0 Å². The molecule has 0 bridgehead atoms. The van der Waals surface area contributed by atoms with E-state index in [0.717, 1.165) is 6.54 Å². The average molecular weight is 190 g/mol. The van der Waals surface area contributed by atoms with Crippen molar-refractivity contribution in [1.29, 1.82) is 0 Å². The first kappa shape index (κ1) is 9.21. The number of carbonyl (C=O) groups excluding carboxylic acids is 1. The van der Waals surface area contributed by atoms with E-state index in [1.165, 1.54) is 5.56 Å². The predicted octanol–water partition coefficient (Wildman–Crippen LogP) is 0.789. The number of hydrogen-bond acceptors (Lipinski definition) is 2. The highest BCUT2D eigenvalue weighted by atomic mass is 16.2. The minimum absolute atomic E-state index is 0.164. The largest absolute Gasteiger partial charge is 0.343 e. The molecule has 1 heterocycles. The first-order chi connectivity index (χ1) is 6.77. The maximum atomic E-state index is 11.2. The molecule has 2 rings (SSSR count). The molecule has 1 aromatic rings. The van der Waals surface area contributed by atoms with Crippen molar-refractivity contribution in [2.24, 2.45) is 0 Å². The van der Waals surface area contributed by atoms with E-state index < -0.39 is 0 Å². The molecular weight excluding hydrogens is 176 g/mol. The van der Waals surface area contributed by atoms with Crippen LogP contribution < -0.4 is 5.32 Å². The molecular formula is C11H14N2O. The second-order valence-corrected chi connectivity index (χ2v) is 3.62. The number of carbonyl (C=O) groups is 1. The van der Waals surface area contributed by atoms with Gasteiger partial charge in [-0.05, 0) is 5.56 Å². The molecule has 0 aliphatic carbocycles. The lowest BCUT2D eigenvalue weighted by molar-refractivity contribution is -0.131. The first-order valence-electron chi connectivity index (χ1n) is 4.79. The van der Waals surface area contributed by atoms with E-state index in [1.807, 2.05) is 25.2 Å². The Morgan fingerprint density at radius 2 is 2.07 bits per heavy atom. The van der Waals surface area contributed by atoms with Gasteiger partial charge in [-0.1, -0.05) is 30.3 Å². The quantitative estimate of drug-likeness (QED) is 0.710. The van der Waals surface area contributed by atoms with Crippen LogP contribution in [0, 0.1) is 0 Å². The van der Waals surface area contributed by atoms with Gasteiger partial charge < -0.3 is 4.90 Å². The number of hydrogen-bond donors (Lipinski definition) is 1. The summed E-state index contributed by atoms with van der Waals surface area (Å²) in [6.07, 6.45) is 0. The Hall–Kier alpha value is -1.35. The summed E-state index contributed by atoms with van der Waals surface area (Å²) in [6, 6.07) is 10.5. The zero-order chi connectivity index (χ0) is 9.97. The fraction of sp³-hybridized carbons (Fsp3) is 0.364. The summed E-state index contributed by atoms with van der Waals surface area (Å²) < 4.78 is 0. The lowest BCUT2D eigenvalue weighted by atomic mass is 10.1. The van der Waals surface area contributed by atoms with E-state index in [-0.39, 0.29) is 11.9 Å². The maximum absolute atomic E-state index is 11.2. The second-order valence-electron chi connectivity index (χ2n) is 3.62. The number of amides is 1. The van der Waals surface area contributed by atoms with E-state index in [1.54, 1.807) is 4.90 Å². The number of likely N-dealkylation sites (N-methyl/N-ethyl adjacent to an activating group) is 1. The van der Waals surface area contributed by atoms with Crippen molar-refractivity contribution in [2.75, 3.05) is 20.1 Å². The van der Waals surface area contributed by atoms with Crippen molar-refractivity contribution in [1.82, 2.24) is 10.2 Å². The minimum atomic E-state index is 0.164. The Morgan fingerprint density at radius 1 is 1.36 bits per heavy atom. The monoisotopic (exact) mass is 190 g/mol. The van der Waals surface area contributed by atoms with Crippen molar-refractivity contribution in [2.45, 2.75) is 6.04 Å². The van der Waals surface area contributed by atoms with Crippen LogP contribution in [0.15, 0.2) is 30.3 Å². The molecule has 0 spiro atoms. The van der Waals surface area contributed by atoms with E-state index in [0.29, 0.717) is 6.54 Å². The van der Waals surface area contributed by atoms with Crippen LogP contribution in [0.2, 0.25) is 0 Å². The molecule has 0 unspecified atom stereocenters. The van der Waals surface area contributed by atoms with Gasteiger partial charge in [0.05, 0.1) is 12.6 Å². The van der Waals surface area contributed by atoms with Crippen LogP contribution in [-0.2, 0) is 4.79 Å².